The van der Waals surface area contributed by atoms with E-state index in [-0.39, 0.29) is 5.92 Å². The van der Waals surface area contributed by atoms with E-state index in [0.717, 1.165) is 31.5 Å². The van der Waals surface area contributed by atoms with E-state index in [1.165, 1.54) is 17.4 Å². The highest BCUT2D eigenvalue weighted by Crippen LogP contribution is 2.33. The highest BCUT2D eigenvalue weighted by molar-refractivity contribution is 7.18. The van der Waals surface area contributed by atoms with Crippen LogP contribution < -0.4 is 5.32 Å². The lowest BCUT2D eigenvalue weighted by atomic mass is 9.96. The van der Waals surface area contributed by atoms with E-state index in [0.29, 0.717) is 27.4 Å². The molecule has 23 heavy (non-hydrogen) atoms. The molecule has 0 spiro atoms. The summed E-state index contributed by atoms with van der Waals surface area (Å²) in [6, 6.07) is 3.59. The predicted molar refractivity (Wildman–Crippen MR) is 88.4 cm³/mol. The molecule has 2 N–H and O–H groups in total. The van der Waals surface area contributed by atoms with Crippen LogP contribution in [-0.2, 0) is 12.6 Å². The molecule has 1 aromatic carbocycles. The minimum absolute atomic E-state index is 0.141. The van der Waals surface area contributed by atoms with Gasteiger partial charge in [0.25, 0.3) is 0 Å². The van der Waals surface area contributed by atoms with E-state index in [4.69, 9.17) is 5.41 Å². The van der Waals surface area contributed by atoms with E-state index >= 15 is 0 Å². The van der Waals surface area contributed by atoms with Crippen LogP contribution >= 0.6 is 11.3 Å². The lowest BCUT2D eigenvalue weighted by molar-refractivity contribution is -0.137. The number of nitrogens with zero attached hydrogens (tertiary/aromatic N) is 1. The summed E-state index contributed by atoms with van der Waals surface area (Å²) >= 11 is 1.24. The highest BCUT2D eigenvalue weighted by Gasteiger charge is 2.30. The second kappa shape index (κ2) is 7.40. The van der Waals surface area contributed by atoms with Crippen LogP contribution in [-0.4, -0.2) is 24.3 Å². The topological polar surface area (TPSA) is 48.8 Å². The first-order valence-corrected chi connectivity index (χ1v) is 8.35. The molecule has 0 bridgehead atoms. The smallest absolute Gasteiger partial charge is 0.319 e. The average Bonchev–Trinajstić information content (AvgIpc) is 2.87. The Morgan fingerprint density at radius 2 is 2.13 bits per heavy atom. The van der Waals surface area contributed by atoms with Crippen LogP contribution in [0.4, 0.5) is 13.2 Å². The van der Waals surface area contributed by atoms with E-state index < -0.39 is 11.7 Å². The normalized spacial score (nSPS) is 13.4. The molecular formula is C16H20F3N3S. The van der Waals surface area contributed by atoms with Crippen molar-refractivity contribution < 1.29 is 13.2 Å². The van der Waals surface area contributed by atoms with Gasteiger partial charge in [-0.2, -0.15) is 13.2 Å². The van der Waals surface area contributed by atoms with Crippen molar-refractivity contribution in [2.24, 2.45) is 5.92 Å². The number of hydrogen-bond acceptors (Lipinski definition) is 4. The van der Waals surface area contributed by atoms with Crippen LogP contribution in [0.5, 0.6) is 0 Å². The largest absolute Gasteiger partial charge is 0.416 e. The number of thiazole rings is 1. The Bertz CT molecular complexity index is 673. The van der Waals surface area contributed by atoms with Crippen LogP contribution in [0, 0.1) is 11.3 Å². The van der Waals surface area contributed by atoms with Crippen molar-refractivity contribution in [2.45, 2.75) is 32.4 Å². The monoisotopic (exact) mass is 343 g/mol. The van der Waals surface area contributed by atoms with Gasteiger partial charge in [0.1, 0.15) is 0 Å². The van der Waals surface area contributed by atoms with Gasteiger partial charge in [0.2, 0.25) is 0 Å². The van der Waals surface area contributed by atoms with Crippen molar-refractivity contribution in [1.82, 2.24) is 10.3 Å². The minimum Gasteiger partial charge on any atom is -0.319 e. The molecule has 1 aromatic heterocycles. The lowest BCUT2D eigenvalue weighted by Crippen LogP contribution is -2.26. The maximum atomic E-state index is 12.8. The maximum Gasteiger partial charge on any atom is 0.416 e. The molecule has 0 saturated carbocycles. The van der Waals surface area contributed by atoms with E-state index in [9.17, 15) is 13.2 Å². The summed E-state index contributed by atoms with van der Waals surface area (Å²) in [5.74, 6) is 0.141. The molecule has 2 rings (SSSR count). The summed E-state index contributed by atoms with van der Waals surface area (Å²) in [5.41, 5.74) is 0.483. The first kappa shape index (κ1) is 17.9. The van der Waals surface area contributed by atoms with Gasteiger partial charge in [0.05, 0.1) is 20.8 Å². The van der Waals surface area contributed by atoms with Crippen molar-refractivity contribution in [1.29, 1.82) is 5.41 Å². The van der Waals surface area contributed by atoms with Crippen LogP contribution in [0.25, 0.3) is 10.2 Å². The molecule has 0 fully saturated rings. The fraction of sp³-hybridized carbons (Fsp3) is 0.500. The zero-order chi connectivity index (χ0) is 17.0. The third-order valence-electron chi connectivity index (χ3n) is 3.68. The van der Waals surface area contributed by atoms with Crippen molar-refractivity contribution in [3.63, 3.8) is 0 Å². The molecule has 0 aliphatic rings. The van der Waals surface area contributed by atoms with Crippen LogP contribution in [0.3, 0.4) is 0 Å². The Morgan fingerprint density at radius 3 is 2.74 bits per heavy atom. The molecule has 0 radical (unpaired) electrons. The fourth-order valence-corrected chi connectivity index (χ4v) is 3.56. The SMILES string of the molecule is CCCC(CNC)C(=N)Cc1nc2ccc(C(F)(F)F)cc2s1. The van der Waals surface area contributed by atoms with E-state index in [2.05, 4.69) is 17.2 Å². The van der Waals surface area contributed by atoms with Gasteiger partial charge in [-0.05, 0) is 31.7 Å². The van der Waals surface area contributed by atoms with Crippen molar-refractivity contribution in [3.8, 4) is 0 Å². The standard InChI is InChI=1S/C16H20F3N3S/c1-3-4-10(9-21-2)12(20)8-15-22-13-6-5-11(16(17,18)19)7-14(13)23-15/h5-7,10,20-21H,3-4,8-9H2,1-2H3. The summed E-state index contributed by atoms with van der Waals surface area (Å²) in [7, 11) is 1.85. The number of nitrogens with one attached hydrogen (secondary N) is 2. The molecule has 0 amide bonds. The Hall–Kier alpha value is -1.47. The molecular weight excluding hydrogens is 323 g/mol. The van der Waals surface area contributed by atoms with Gasteiger partial charge < -0.3 is 10.7 Å². The molecule has 2 aromatic rings. The number of alkyl halides is 3. The van der Waals surface area contributed by atoms with E-state index in [1.807, 2.05) is 7.05 Å². The number of benzene rings is 1. The van der Waals surface area contributed by atoms with Gasteiger partial charge in [-0.3, -0.25) is 0 Å². The van der Waals surface area contributed by atoms with Gasteiger partial charge in [-0.15, -0.1) is 11.3 Å². The second-order valence-corrected chi connectivity index (χ2v) is 6.65. The van der Waals surface area contributed by atoms with Crippen LogP contribution in [0.2, 0.25) is 0 Å². The quantitative estimate of drug-likeness (QED) is 0.727. The molecule has 1 atom stereocenters. The Labute approximate surface area is 137 Å². The maximum absolute atomic E-state index is 12.8. The fourth-order valence-electron chi connectivity index (χ4n) is 2.53. The molecule has 0 aliphatic heterocycles. The number of rotatable bonds is 7. The lowest BCUT2D eigenvalue weighted by Gasteiger charge is -2.16. The third kappa shape index (κ3) is 4.51. The highest BCUT2D eigenvalue weighted by atomic mass is 32.1. The minimum atomic E-state index is -4.34. The zero-order valence-electron chi connectivity index (χ0n) is 13.1. The molecule has 0 saturated heterocycles. The van der Waals surface area contributed by atoms with Crippen LogP contribution in [0.1, 0.15) is 30.3 Å². The molecule has 0 aliphatic carbocycles. The first-order chi connectivity index (χ1) is 10.8. The summed E-state index contributed by atoms with van der Waals surface area (Å²) in [6.07, 6.45) is -2.04. The predicted octanol–water partition coefficient (Wildman–Crippen LogP) is 4.51. The number of hydrogen-bond donors (Lipinski definition) is 2. The Kier molecular flexibility index (Phi) is 5.75. The zero-order valence-corrected chi connectivity index (χ0v) is 13.9. The number of fused-ring (bicyclic) bond motifs is 1. The van der Waals surface area contributed by atoms with Crippen molar-refractivity contribution in [3.05, 3.63) is 28.8 Å². The van der Waals surface area contributed by atoms with Gasteiger partial charge >= 0.3 is 6.18 Å². The van der Waals surface area contributed by atoms with Gasteiger partial charge in [0, 0.05) is 24.6 Å². The molecule has 1 heterocycles. The number of aromatic nitrogens is 1. The van der Waals surface area contributed by atoms with Crippen molar-refractivity contribution in [2.75, 3.05) is 13.6 Å². The van der Waals surface area contributed by atoms with Gasteiger partial charge in [-0.25, -0.2) is 4.98 Å². The van der Waals surface area contributed by atoms with E-state index in [1.54, 1.807) is 0 Å². The second-order valence-electron chi connectivity index (χ2n) is 5.53. The first-order valence-electron chi connectivity index (χ1n) is 7.53. The summed E-state index contributed by atoms with van der Waals surface area (Å²) in [4.78, 5) is 4.37. The Morgan fingerprint density at radius 1 is 1.39 bits per heavy atom. The summed E-state index contributed by atoms with van der Waals surface area (Å²) in [5, 5.41) is 12.0. The molecule has 7 heteroatoms. The third-order valence-corrected chi connectivity index (χ3v) is 4.70. The molecule has 1 unspecified atom stereocenters. The summed E-state index contributed by atoms with van der Waals surface area (Å²) < 4.78 is 38.8. The molecule has 3 nitrogen and oxygen atoms in total. The van der Waals surface area contributed by atoms with Crippen molar-refractivity contribution >= 4 is 27.3 Å². The molecule has 126 valence electrons. The van der Waals surface area contributed by atoms with Crippen LogP contribution in [0.15, 0.2) is 18.2 Å². The van der Waals surface area contributed by atoms with Gasteiger partial charge in [-0.1, -0.05) is 13.3 Å². The number of halogens is 3. The van der Waals surface area contributed by atoms with Gasteiger partial charge in [0.15, 0.2) is 0 Å². The Balaban J connectivity index is 2.18. The summed E-state index contributed by atoms with van der Waals surface area (Å²) in [6.45, 7) is 2.81. The average molecular weight is 343 g/mol.